The standard InChI is InChI=1S/C21H33N7O.HI/c1-16(2)29-12-11-28-9-7-19(8-10-28)26-21(22-3)23-14-17-5-4-6-18(13-17)20-24-15-25-27-20;/h4-6,13,15-16,19H,7-12,14H2,1-3H3,(H2,22,23,26)(H,24,25,27);1H. The summed E-state index contributed by atoms with van der Waals surface area (Å²) in [7, 11) is 1.82. The van der Waals surface area contributed by atoms with Crippen molar-refractivity contribution < 1.29 is 4.74 Å². The second-order valence-corrected chi connectivity index (χ2v) is 7.64. The molecule has 1 aromatic carbocycles. The number of guanidine groups is 1. The highest BCUT2D eigenvalue weighted by Crippen LogP contribution is 2.15. The Hall–Kier alpha value is -1.72. The molecule has 0 saturated carbocycles. The summed E-state index contributed by atoms with van der Waals surface area (Å²) >= 11 is 0. The molecule has 0 bridgehead atoms. The molecule has 3 rings (SSSR count). The van der Waals surface area contributed by atoms with Crippen molar-refractivity contribution >= 4 is 29.9 Å². The fourth-order valence-corrected chi connectivity index (χ4v) is 3.47. The molecule has 1 aliphatic rings. The van der Waals surface area contributed by atoms with E-state index < -0.39 is 0 Å². The first-order chi connectivity index (χ1) is 14.1. The lowest BCUT2D eigenvalue weighted by Crippen LogP contribution is -2.49. The van der Waals surface area contributed by atoms with Crippen LogP contribution in [0.4, 0.5) is 0 Å². The lowest BCUT2D eigenvalue weighted by Gasteiger charge is -2.33. The first-order valence-electron chi connectivity index (χ1n) is 10.4. The summed E-state index contributed by atoms with van der Waals surface area (Å²) in [4.78, 5) is 11.1. The smallest absolute Gasteiger partial charge is 0.191 e. The van der Waals surface area contributed by atoms with Crippen LogP contribution in [-0.2, 0) is 11.3 Å². The van der Waals surface area contributed by atoms with Crippen LogP contribution in [0, 0.1) is 0 Å². The maximum atomic E-state index is 5.66. The van der Waals surface area contributed by atoms with E-state index in [1.165, 1.54) is 11.9 Å². The number of aromatic nitrogens is 3. The molecular weight excluding hydrogens is 493 g/mol. The Bertz CT molecular complexity index is 758. The van der Waals surface area contributed by atoms with Gasteiger partial charge in [-0.05, 0) is 38.3 Å². The lowest BCUT2D eigenvalue weighted by molar-refractivity contribution is 0.0532. The van der Waals surface area contributed by atoms with Crippen LogP contribution in [-0.4, -0.2) is 71.5 Å². The molecule has 2 heterocycles. The van der Waals surface area contributed by atoms with Gasteiger partial charge >= 0.3 is 0 Å². The molecule has 8 nitrogen and oxygen atoms in total. The highest BCUT2D eigenvalue weighted by atomic mass is 127. The number of benzene rings is 1. The van der Waals surface area contributed by atoms with Gasteiger partial charge in [0.25, 0.3) is 0 Å². The second-order valence-electron chi connectivity index (χ2n) is 7.64. The van der Waals surface area contributed by atoms with Crippen molar-refractivity contribution in [2.24, 2.45) is 4.99 Å². The van der Waals surface area contributed by atoms with Crippen LogP contribution >= 0.6 is 24.0 Å². The van der Waals surface area contributed by atoms with E-state index in [2.05, 4.69) is 61.7 Å². The topological polar surface area (TPSA) is 90.5 Å². The first-order valence-corrected chi connectivity index (χ1v) is 10.4. The number of likely N-dealkylation sites (tertiary alicyclic amines) is 1. The summed E-state index contributed by atoms with van der Waals surface area (Å²) in [5.41, 5.74) is 2.19. The number of piperidine rings is 1. The normalized spacial score (nSPS) is 15.8. The third-order valence-corrected chi connectivity index (χ3v) is 5.09. The Morgan fingerprint density at radius 1 is 1.33 bits per heavy atom. The maximum Gasteiger partial charge on any atom is 0.191 e. The molecule has 0 amide bonds. The van der Waals surface area contributed by atoms with E-state index in [9.17, 15) is 0 Å². The molecule has 0 unspecified atom stereocenters. The minimum atomic E-state index is 0. The second kappa shape index (κ2) is 12.9. The van der Waals surface area contributed by atoms with Crippen LogP contribution in [0.25, 0.3) is 11.4 Å². The van der Waals surface area contributed by atoms with E-state index in [4.69, 9.17) is 4.74 Å². The Morgan fingerprint density at radius 2 is 2.13 bits per heavy atom. The predicted octanol–water partition coefficient (Wildman–Crippen LogP) is 2.64. The molecule has 1 aromatic heterocycles. The lowest BCUT2D eigenvalue weighted by atomic mass is 10.1. The van der Waals surface area contributed by atoms with Crippen LogP contribution in [0.2, 0.25) is 0 Å². The largest absolute Gasteiger partial charge is 0.377 e. The molecule has 9 heteroatoms. The SMILES string of the molecule is CN=C(NCc1cccc(-c2ncn[nH]2)c1)NC1CCN(CCOC(C)C)CC1.I. The monoisotopic (exact) mass is 527 g/mol. The van der Waals surface area contributed by atoms with Crippen molar-refractivity contribution in [3.05, 3.63) is 36.2 Å². The van der Waals surface area contributed by atoms with Crippen LogP contribution < -0.4 is 10.6 Å². The van der Waals surface area contributed by atoms with Gasteiger partial charge in [-0.15, -0.1) is 24.0 Å². The minimum absolute atomic E-state index is 0. The van der Waals surface area contributed by atoms with Crippen molar-refractivity contribution in [3.8, 4) is 11.4 Å². The zero-order valence-electron chi connectivity index (χ0n) is 18.1. The van der Waals surface area contributed by atoms with Gasteiger partial charge in [0.05, 0.1) is 12.7 Å². The van der Waals surface area contributed by atoms with Gasteiger partial charge in [-0.3, -0.25) is 10.1 Å². The van der Waals surface area contributed by atoms with E-state index in [-0.39, 0.29) is 24.0 Å². The van der Waals surface area contributed by atoms with Crippen molar-refractivity contribution in [2.45, 2.75) is 45.4 Å². The third kappa shape index (κ3) is 7.84. The Labute approximate surface area is 196 Å². The number of nitrogens with zero attached hydrogens (tertiary/aromatic N) is 4. The molecular formula is C21H34IN7O. The Morgan fingerprint density at radius 3 is 2.80 bits per heavy atom. The molecule has 3 N–H and O–H groups in total. The van der Waals surface area contributed by atoms with Gasteiger partial charge in [0.1, 0.15) is 6.33 Å². The van der Waals surface area contributed by atoms with Gasteiger partial charge in [0.15, 0.2) is 11.8 Å². The summed E-state index contributed by atoms with van der Waals surface area (Å²) in [5.74, 6) is 1.62. The molecule has 0 radical (unpaired) electrons. The molecule has 1 saturated heterocycles. The number of aliphatic imine (C=N–C) groups is 1. The Kier molecular flexibility index (Phi) is 10.5. The van der Waals surface area contributed by atoms with Gasteiger partial charge < -0.3 is 20.3 Å². The van der Waals surface area contributed by atoms with E-state index in [1.807, 2.05) is 19.2 Å². The Balaban J connectivity index is 0.00000320. The van der Waals surface area contributed by atoms with Gasteiger partial charge in [0, 0.05) is 44.8 Å². The maximum absolute atomic E-state index is 5.66. The summed E-state index contributed by atoms with van der Waals surface area (Å²) in [5, 5.41) is 13.8. The summed E-state index contributed by atoms with van der Waals surface area (Å²) in [6.07, 6.45) is 4.06. The summed E-state index contributed by atoms with van der Waals surface area (Å²) < 4.78 is 5.66. The molecule has 0 aliphatic carbocycles. The molecule has 2 aromatic rings. The fraction of sp³-hybridized carbons (Fsp3) is 0.571. The van der Waals surface area contributed by atoms with Gasteiger partial charge in [-0.1, -0.05) is 18.2 Å². The van der Waals surface area contributed by atoms with Crippen LogP contribution in [0.1, 0.15) is 32.3 Å². The molecule has 1 fully saturated rings. The third-order valence-electron chi connectivity index (χ3n) is 5.09. The van der Waals surface area contributed by atoms with Crippen LogP contribution in [0.3, 0.4) is 0 Å². The average Bonchev–Trinajstić information content (AvgIpc) is 3.27. The quantitative estimate of drug-likeness (QED) is 0.278. The van der Waals surface area contributed by atoms with E-state index in [1.54, 1.807) is 0 Å². The number of halogens is 1. The number of nitrogens with one attached hydrogen (secondary N) is 3. The van der Waals surface area contributed by atoms with Crippen molar-refractivity contribution in [3.63, 3.8) is 0 Å². The average molecular weight is 527 g/mol. The number of H-pyrrole nitrogens is 1. The molecule has 30 heavy (non-hydrogen) atoms. The van der Waals surface area contributed by atoms with Gasteiger partial charge in [-0.2, -0.15) is 5.10 Å². The first kappa shape index (κ1) is 24.5. The van der Waals surface area contributed by atoms with E-state index in [0.717, 1.165) is 56.4 Å². The van der Waals surface area contributed by atoms with E-state index in [0.29, 0.717) is 18.7 Å². The summed E-state index contributed by atoms with van der Waals surface area (Å²) in [6.45, 7) is 8.88. The van der Waals surface area contributed by atoms with Crippen molar-refractivity contribution in [2.75, 3.05) is 33.3 Å². The van der Waals surface area contributed by atoms with Crippen LogP contribution in [0.5, 0.6) is 0 Å². The zero-order valence-corrected chi connectivity index (χ0v) is 20.4. The number of ether oxygens (including phenoxy) is 1. The minimum Gasteiger partial charge on any atom is -0.377 e. The highest BCUT2D eigenvalue weighted by molar-refractivity contribution is 14.0. The van der Waals surface area contributed by atoms with Gasteiger partial charge in [0.2, 0.25) is 0 Å². The van der Waals surface area contributed by atoms with Gasteiger partial charge in [-0.25, -0.2) is 4.98 Å². The number of hydrogen-bond acceptors (Lipinski definition) is 5. The fourth-order valence-electron chi connectivity index (χ4n) is 3.47. The molecule has 1 aliphatic heterocycles. The van der Waals surface area contributed by atoms with E-state index >= 15 is 0 Å². The molecule has 0 atom stereocenters. The number of hydrogen-bond donors (Lipinski definition) is 3. The highest BCUT2D eigenvalue weighted by Gasteiger charge is 2.19. The van der Waals surface area contributed by atoms with Crippen LogP contribution in [0.15, 0.2) is 35.6 Å². The van der Waals surface area contributed by atoms with Crippen molar-refractivity contribution in [1.29, 1.82) is 0 Å². The molecule has 166 valence electrons. The zero-order chi connectivity index (χ0) is 20.5. The number of rotatable bonds is 8. The summed E-state index contributed by atoms with van der Waals surface area (Å²) in [6, 6.07) is 8.71. The van der Waals surface area contributed by atoms with Crippen molar-refractivity contribution in [1.82, 2.24) is 30.7 Å². The number of aromatic amines is 1. The predicted molar refractivity (Wildman–Crippen MR) is 131 cm³/mol. The molecule has 0 spiro atoms.